The molecule has 0 aromatic heterocycles. The molecule has 0 fully saturated rings. The highest BCUT2D eigenvalue weighted by atomic mass is 31.2. The van der Waals surface area contributed by atoms with Crippen LogP contribution in [0, 0.1) is 5.92 Å². The molecule has 0 aromatic rings. The summed E-state index contributed by atoms with van der Waals surface area (Å²) >= 11 is 0. The van der Waals surface area contributed by atoms with Crippen LogP contribution in [0.2, 0.25) is 0 Å². The van der Waals surface area contributed by atoms with E-state index < -0.39 is 44.7 Å². The lowest BCUT2D eigenvalue weighted by molar-refractivity contribution is -0.161. The monoisotopic (exact) mass is 686 g/mol. The Kier molecular flexibility index (Phi) is 28.7. The van der Waals surface area contributed by atoms with E-state index in [1.807, 2.05) is 30.4 Å². The van der Waals surface area contributed by atoms with Crippen LogP contribution in [0.5, 0.6) is 0 Å². The van der Waals surface area contributed by atoms with Crippen molar-refractivity contribution in [2.45, 2.75) is 148 Å². The highest BCUT2D eigenvalue weighted by Crippen LogP contribution is 2.36. The van der Waals surface area contributed by atoms with E-state index in [1.165, 1.54) is 25.7 Å². The normalized spacial score (nSPS) is 14.6. The first kappa shape index (κ1) is 44.9. The van der Waals surface area contributed by atoms with Crippen LogP contribution in [-0.4, -0.2) is 63.5 Å². The van der Waals surface area contributed by atoms with Crippen molar-refractivity contribution in [3.63, 3.8) is 0 Å². The van der Waals surface area contributed by atoms with Gasteiger partial charge in [-0.1, -0.05) is 134 Å². The van der Waals surface area contributed by atoms with Gasteiger partial charge < -0.3 is 29.5 Å². The first-order valence-electron chi connectivity index (χ1n) is 17.5. The highest BCUT2D eigenvalue weighted by molar-refractivity contribution is 7.46. The Labute approximate surface area is 283 Å². The second-order valence-electron chi connectivity index (χ2n) is 12.4. The number of carbonyl (C=O) groups is 2. The maximum atomic E-state index is 12.3. The van der Waals surface area contributed by atoms with Gasteiger partial charge in [-0.05, 0) is 38.0 Å². The minimum Gasteiger partial charge on any atom is -0.462 e. The predicted octanol–water partition coefficient (Wildman–Crippen LogP) is 7.80. The van der Waals surface area contributed by atoms with Gasteiger partial charge in [-0.3, -0.25) is 14.1 Å². The number of hydrogen-bond acceptors (Lipinski definition) is 8. The summed E-state index contributed by atoms with van der Waals surface area (Å²) in [5.74, 6) is -0.383. The Morgan fingerprint density at radius 1 is 0.681 bits per heavy atom. The van der Waals surface area contributed by atoms with E-state index in [1.54, 1.807) is 18.2 Å². The van der Waals surface area contributed by atoms with E-state index in [-0.39, 0.29) is 19.4 Å². The summed E-state index contributed by atoms with van der Waals surface area (Å²) in [5, 5.41) is 20.0. The van der Waals surface area contributed by atoms with Crippen LogP contribution in [0.3, 0.4) is 0 Å². The molecule has 0 bridgehead atoms. The van der Waals surface area contributed by atoms with E-state index in [0.29, 0.717) is 25.7 Å². The largest absolute Gasteiger partial charge is 0.469 e. The van der Waals surface area contributed by atoms with Crippen molar-refractivity contribution in [3.8, 4) is 0 Å². The van der Waals surface area contributed by atoms with Gasteiger partial charge in [0.1, 0.15) is 6.61 Å². The number of allylic oxidation sites excluding steroid dienone is 6. The smallest absolute Gasteiger partial charge is 0.462 e. The summed E-state index contributed by atoms with van der Waals surface area (Å²) in [6.07, 6.45) is 26.5. The van der Waals surface area contributed by atoms with Gasteiger partial charge in [0.25, 0.3) is 0 Å². The zero-order valence-corrected chi connectivity index (χ0v) is 29.9. The Bertz CT molecular complexity index is 953. The van der Waals surface area contributed by atoms with Crippen LogP contribution in [0.1, 0.15) is 130 Å². The van der Waals surface area contributed by atoms with Crippen LogP contribution in [0.25, 0.3) is 0 Å². The van der Waals surface area contributed by atoms with Gasteiger partial charge in [0.05, 0.1) is 18.8 Å². The third-order valence-corrected chi connectivity index (χ3v) is 7.72. The van der Waals surface area contributed by atoms with E-state index in [0.717, 1.165) is 50.9 Å². The average molecular weight is 687 g/mol. The molecule has 0 saturated carbocycles. The number of carbonyl (C=O) groups excluding carboxylic acids is 2. The number of rotatable bonds is 30. The zero-order chi connectivity index (χ0) is 35.2. The predicted molar refractivity (Wildman–Crippen MR) is 186 cm³/mol. The maximum absolute atomic E-state index is 12.3. The summed E-state index contributed by atoms with van der Waals surface area (Å²) in [6, 6.07) is 0. The Morgan fingerprint density at radius 3 is 1.79 bits per heavy atom. The molecule has 0 heterocycles. The average Bonchev–Trinajstić information content (AvgIpc) is 3.00. The molecule has 0 radical (unpaired) electrons. The Balaban J connectivity index is 4.31. The van der Waals surface area contributed by atoms with Crippen molar-refractivity contribution in [2.75, 3.05) is 13.2 Å². The van der Waals surface area contributed by atoms with E-state index in [4.69, 9.17) is 19.3 Å². The molecule has 272 valence electrons. The number of ether oxygens (including phenoxy) is 2. The van der Waals surface area contributed by atoms with Gasteiger partial charge in [-0.25, -0.2) is 4.57 Å². The number of phosphoric ester groups is 1. The number of esters is 2. The number of hydrogen-bond donors (Lipinski definition) is 4. The molecule has 0 saturated heterocycles. The first-order valence-corrected chi connectivity index (χ1v) is 19.0. The fourth-order valence-corrected chi connectivity index (χ4v) is 4.89. The second kappa shape index (κ2) is 30.0. The molecule has 0 spiro atoms. The molecule has 0 aromatic carbocycles. The Morgan fingerprint density at radius 2 is 1.21 bits per heavy atom. The summed E-state index contributed by atoms with van der Waals surface area (Å²) in [5.41, 5.74) is 0. The van der Waals surface area contributed by atoms with Crippen LogP contribution in [0.15, 0.2) is 48.6 Å². The molecule has 4 N–H and O–H groups in total. The van der Waals surface area contributed by atoms with Crippen molar-refractivity contribution >= 4 is 19.8 Å². The lowest BCUT2D eigenvalue weighted by Gasteiger charge is -2.18. The molecule has 10 nitrogen and oxygen atoms in total. The van der Waals surface area contributed by atoms with E-state index >= 15 is 0 Å². The van der Waals surface area contributed by atoms with Gasteiger partial charge in [0.15, 0.2) is 6.10 Å². The maximum Gasteiger partial charge on any atom is 0.469 e. The molecule has 0 aliphatic carbocycles. The molecule has 0 unspecified atom stereocenters. The minimum absolute atomic E-state index is 0.0375. The van der Waals surface area contributed by atoms with Crippen molar-refractivity contribution < 1.29 is 48.2 Å². The molecule has 11 heteroatoms. The molecular formula is C36H63O10P. The molecule has 3 atom stereocenters. The molecule has 0 aliphatic heterocycles. The standard InChI is InChI=1S/C36H63O10P/c1-4-5-16-23-32(37)24-18-13-9-7-10-14-19-25-33(38)26-21-28-36(40)46-34(30-45-47(41,42)43)29-44-35(39)27-20-15-11-6-8-12-17-22-31(2)3/h9-10,13-14,18-19,24-25,31-34,37-38H,4-8,11-12,15-17,20-23,26-30H2,1-3H3,(H2,41,42,43)/b13-9-,14-10-,24-18+,25-19+/t32-,33-,34-/m1/s1. The lowest BCUT2D eigenvalue weighted by atomic mass is 10.0. The summed E-state index contributed by atoms with van der Waals surface area (Å²) in [7, 11) is -4.81. The van der Waals surface area contributed by atoms with Crippen molar-refractivity contribution in [1.29, 1.82) is 0 Å². The molecule has 0 aliphatic rings. The summed E-state index contributed by atoms with van der Waals surface area (Å²) < 4.78 is 26.1. The van der Waals surface area contributed by atoms with Crippen molar-refractivity contribution in [1.82, 2.24) is 0 Å². The van der Waals surface area contributed by atoms with Gasteiger partial charge in [0, 0.05) is 12.8 Å². The van der Waals surface area contributed by atoms with Gasteiger partial charge in [-0.2, -0.15) is 0 Å². The third-order valence-electron chi connectivity index (χ3n) is 7.24. The minimum atomic E-state index is -4.81. The lowest BCUT2D eigenvalue weighted by Crippen LogP contribution is -2.29. The van der Waals surface area contributed by atoms with Gasteiger partial charge >= 0.3 is 19.8 Å². The summed E-state index contributed by atoms with van der Waals surface area (Å²) in [6.45, 7) is 5.60. The molecule has 47 heavy (non-hydrogen) atoms. The Hall–Kier alpha value is -2.07. The topological polar surface area (TPSA) is 160 Å². The van der Waals surface area contributed by atoms with Crippen LogP contribution < -0.4 is 0 Å². The molecule has 0 amide bonds. The number of aliphatic hydroxyl groups is 2. The number of aliphatic hydroxyl groups excluding tert-OH is 2. The van der Waals surface area contributed by atoms with E-state index in [9.17, 15) is 24.4 Å². The summed E-state index contributed by atoms with van der Waals surface area (Å²) in [4.78, 5) is 42.5. The fraction of sp³-hybridized carbons (Fsp3) is 0.722. The number of phosphoric acid groups is 1. The number of unbranched alkanes of at least 4 members (excludes halogenated alkanes) is 8. The molecular weight excluding hydrogens is 623 g/mol. The molecule has 0 rings (SSSR count). The van der Waals surface area contributed by atoms with Crippen molar-refractivity contribution in [3.05, 3.63) is 48.6 Å². The third kappa shape index (κ3) is 33.6. The first-order chi connectivity index (χ1) is 22.4. The van der Waals surface area contributed by atoms with E-state index in [2.05, 4.69) is 25.3 Å². The van der Waals surface area contributed by atoms with Gasteiger partial charge in [0.2, 0.25) is 0 Å². The zero-order valence-electron chi connectivity index (χ0n) is 29.0. The van der Waals surface area contributed by atoms with Crippen LogP contribution >= 0.6 is 7.82 Å². The van der Waals surface area contributed by atoms with Crippen LogP contribution in [0.4, 0.5) is 0 Å². The van der Waals surface area contributed by atoms with Crippen molar-refractivity contribution in [2.24, 2.45) is 5.92 Å². The second-order valence-corrected chi connectivity index (χ2v) is 13.6. The highest BCUT2D eigenvalue weighted by Gasteiger charge is 2.23. The fourth-order valence-electron chi connectivity index (χ4n) is 4.53. The SMILES string of the molecule is CCCCC[C@@H](O)/C=C/C=C\C/C=C\C=C\[C@@H](O)CCCC(=O)O[C@H](COC(=O)CCCCCCCCCC(C)C)COP(=O)(O)O. The van der Waals surface area contributed by atoms with Gasteiger partial charge in [-0.15, -0.1) is 0 Å². The van der Waals surface area contributed by atoms with Crippen LogP contribution in [-0.2, 0) is 28.2 Å². The quantitative estimate of drug-likeness (QED) is 0.0254.